The maximum atomic E-state index is 13.0. The van der Waals surface area contributed by atoms with Crippen molar-refractivity contribution in [1.82, 2.24) is 5.32 Å². The molecule has 3 rings (SSSR count). The Kier molecular flexibility index (Phi) is 4.95. The molecule has 126 valence electrons. The van der Waals surface area contributed by atoms with Crippen LogP contribution in [-0.4, -0.2) is 36.4 Å². The zero-order chi connectivity index (χ0) is 16.3. The van der Waals surface area contributed by atoms with Crippen LogP contribution in [-0.2, 0) is 14.9 Å². The van der Waals surface area contributed by atoms with Gasteiger partial charge in [-0.05, 0) is 30.5 Å². The summed E-state index contributed by atoms with van der Waals surface area (Å²) in [6.45, 7) is 1.38. The van der Waals surface area contributed by atoms with Crippen LogP contribution < -0.4 is 5.32 Å². The van der Waals surface area contributed by atoms with Crippen molar-refractivity contribution in [3.63, 3.8) is 0 Å². The SMILES string of the molecule is O=C(NCC1(O)CCOCC1)C1(c2cccc(Cl)c2)CCCC1. The van der Waals surface area contributed by atoms with E-state index < -0.39 is 11.0 Å². The molecule has 1 aromatic rings. The summed E-state index contributed by atoms with van der Waals surface area (Å²) in [6.07, 6.45) is 4.88. The lowest BCUT2D eigenvalue weighted by atomic mass is 9.77. The molecule has 0 aromatic heterocycles. The number of benzene rings is 1. The van der Waals surface area contributed by atoms with E-state index in [-0.39, 0.29) is 12.5 Å². The number of hydrogen-bond acceptors (Lipinski definition) is 3. The van der Waals surface area contributed by atoms with E-state index in [0.717, 1.165) is 31.2 Å². The highest BCUT2D eigenvalue weighted by molar-refractivity contribution is 6.30. The van der Waals surface area contributed by atoms with Crippen molar-refractivity contribution in [2.45, 2.75) is 49.5 Å². The van der Waals surface area contributed by atoms with Crippen LogP contribution in [0.5, 0.6) is 0 Å². The highest BCUT2D eigenvalue weighted by Gasteiger charge is 2.43. The molecule has 23 heavy (non-hydrogen) atoms. The van der Waals surface area contributed by atoms with E-state index in [2.05, 4.69) is 5.32 Å². The smallest absolute Gasteiger partial charge is 0.230 e. The first kappa shape index (κ1) is 16.7. The zero-order valence-corrected chi connectivity index (χ0v) is 14.1. The number of carbonyl (C=O) groups is 1. The maximum absolute atomic E-state index is 13.0. The number of aliphatic hydroxyl groups is 1. The molecule has 1 aromatic carbocycles. The van der Waals surface area contributed by atoms with Crippen LogP contribution in [0.15, 0.2) is 24.3 Å². The van der Waals surface area contributed by atoms with Gasteiger partial charge in [-0.1, -0.05) is 36.6 Å². The number of hydrogen-bond donors (Lipinski definition) is 2. The highest BCUT2D eigenvalue weighted by Crippen LogP contribution is 2.42. The van der Waals surface area contributed by atoms with Crippen LogP contribution in [0.1, 0.15) is 44.1 Å². The normalized spacial score (nSPS) is 22.7. The molecule has 0 atom stereocenters. The number of nitrogens with one attached hydrogen (secondary N) is 1. The molecule has 2 fully saturated rings. The summed E-state index contributed by atoms with van der Waals surface area (Å²) in [5.74, 6) is 0.0113. The number of ether oxygens (including phenoxy) is 1. The minimum Gasteiger partial charge on any atom is -0.388 e. The quantitative estimate of drug-likeness (QED) is 0.888. The molecule has 4 nitrogen and oxygen atoms in total. The predicted molar refractivity (Wildman–Crippen MR) is 89.6 cm³/mol. The summed E-state index contributed by atoms with van der Waals surface area (Å²) in [4.78, 5) is 13.0. The van der Waals surface area contributed by atoms with Gasteiger partial charge in [-0.2, -0.15) is 0 Å². The van der Waals surface area contributed by atoms with Crippen LogP contribution in [0.2, 0.25) is 5.02 Å². The van der Waals surface area contributed by atoms with Gasteiger partial charge >= 0.3 is 0 Å². The largest absolute Gasteiger partial charge is 0.388 e. The molecule has 0 radical (unpaired) electrons. The Morgan fingerprint density at radius 1 is 1.22 bits per heavy atom. The van der Waals surface area contributed by atoms with Crippen molar-refractivity contribution < 1.29 is 14.6 Å². The van der Waals surface area contributed by atoms with E-state index in [4.69, 9.17) is 16.3 Å². The van der Waals surface area contributed by atoms with Crippen LogP contribution in [0, 0.1) is 0 Å². The summed E-state index contributed by atoms with van der Waals surface area (Å²) < 4.78 is 5.29. The van der Waals surface area contributed by atoms with Gasteiger partial charge < -0.3 is 15.2 Å². The van der Waals surface area contributed by atoms with E-state index in [1.54, 1.807) is 0 Å². The number of amides is 1. The molecule has 1 saturated heterocycles. The lowest BCUT2D eigenvalue weighted by molar-refractivity contribution is -0.129. The minimum absolute atomic E-state index is 0.0113. The van der Waals surface area contributed by atoms with Gasteiger partial charge in [0.2, 0.25) is 5.91 Å². The molecule has 1 aliphatic heterocycles. The standard InChI is InChI=1S/C18H24ClNO3/c19-15-5-3-4-14(12-15)18(6-1-2-7-18)16(21)20-13-17(22)8-10-23-11-9-17/h3-5,12,22H,1-2,6-11,13H2,(H,20,21). The van der Waals surface area contributed by atoms with Crippen LogP contribution in [0.3, 0.4) is 0 Å². The molecule has 1 saturated carbocycles. The molecule has 0 unspecified atom stereocenters. The Bertz CT molecular complexity index is 563. The molecule has 0 spiro atoms. The van der Waals surface area contributed by atoms with Gasteiger partial charge in [-0.15, -0.1) is 0 Å². The molecular weight excluding hydrogens is 314 g/mol. The third-order valence-corrected chi connectivity index (χ3v) is 5.51. The third kappa shape index (κ3) is 3.54. The van der Waals surface area contributed by atoms with Crippen molar-refractivity contribution >= 4 is 17.5 Å². The average Bonchev–Trinajstić information content (AvgIpc) is 3.04. The summed E-state index contributed by atoms with van der Waals surface area (Å²) in [7, 11) is 0. The van der Waals surface area contributed by atoms with Crippen molar-refractivity contribution in [1.29, 1.82) is 0 Å². The minimum atomic E-state index is -0.845. The fourth-order valence-corrected chi connectivity index (χ4v) is 3.94. The summed E-state index contributed by atoms with van der Waals surface area (Å²) in [5.41, 5.74) is -0.368. The first-order valence-corrected chi connectivity index (χ1v) is 8.76. The molecule has 1 amide bonds. The van der Waals surface area contributed by atoms with Crippen molar-refractivity contribution in [3.8, 4) is 0 Å². The lowest BCUT2D eigenvalue weighted by Crippen LogP contribution is -2.51. The number of rotatable bonds is 4. The molecule has 5 heteroatoms. The van der Waals surface area contributed by atoms with Gasteiger partial charge in [0.05, 0.1) is 11.0 Å². The summed E-state index contributed by atoms with van der Waals surface area (Å²) >= 11 is 6.13. The molecule has 2 N–H and O–H groups in total. The Labute approximate surface area is 142 Å². The number of carbonyl (C=O) groups excluding carboxylic acids is 1. The van der Waals surface area contributed by atoms with E-state index in [1.165, 1.54) is 0 Å². The molecule has 1 aliphatic carbocycles. The van der Waals surface area contributed by atoms with Gasteiger partial charge in [0.1, 0.15) is 0 Å². The molecular formula is C18H24ClNO3. The number of halogens is 1. The second-order valence-corrected chi connectivity index (χ2v) is 7.26. The molecule has 1 heterocycles. The second kappa shape index (κ2) is 6.80. The monoisotopic (exact) mass is 337 g/mol. The van der Waals surface area contributed by atoms with Gasteiger partial charge in [0, 0.05) is 37.6 Å². The Hall–Kier alpha value is -1.10. The Morgan fingerprint density at radius 3 is 2.57 bits per heavy atom. The fourth-order valence-electron chi connectivity index (χ4n) is 3.75. The first-order chi connectivity index (χ1) is 11.0. The van der Waals surface area contributed by atoms with E-state index in [0.29, 0.717) is 31.1 Å². The van der Waals surface area contributed by atoms with E-state index >= 15 is 0 Å². The predicted octanol–water partition coefficient (Wildman–Crippen LogP) is 2.81. The average molecular weight is 338 g/mol. The van der Waals surface area contributed by atoms with Crippen LogP contribution in [0.4, 0.5) is 0 Å². The maximum Gasteiger partial charge on any atom is 0.230 e. The van der Waals surface area contributed by atoms with E-state index in [1.807, 2.05) is 24.3 Å². The topological polar surface area (TPSA) is 58.6 Å². The van der Waals surface area contributed by atoms with Crippen molar-refractivity contribution in [2.75, 3.05) is 19.8 Å². The summed E-state index contributed by atoms with van der Waals surface area (Å²) in [6, 6.07) is 7.61. The van der Waals surface area contributed by atoms with Crippen molar-refractivity contribution in [2.24, 2.45) is 0 Å². The van der Waals surface area contributed by atoms with Gasteiger partial charge in [0.25, 0.3) is 0 Å². The Morgan fingerprint density at radius 2 is 1.91 bits per heavy atom. The Balaban J connectivity index is 1.74. The highest BCUT2D eigenvalue weighted by atomic mass is 35.5. The molecule has 2 aliphatic rings. The van der Waals surface area contributed by atoms with E-state index in [9.17, 15) is 9.90 Å². The zero-order valence-electron chi connectivity index (χ0n) is 13.3. The lowest BCUT2D eigenvalue weighted by Gasteiger charge is -2.34. The van der Waals surface area contributed by atoms with Gasteiger partial charge in [-0.25, -0.2) is 0 Å². The van der Waals surface area contributed by atoms with Crippen LogP contribution >= 0.6 is 11.6 Å². The first-order valence-electron chi connectivity index (χ1n) is 8.39. The molecule has 0 bridgehead atoms. The third-order valence-electron chi connectivity index (χ3n) is 5.27. The van der Waals surface area contributed by atoms with Crippen molar-refractivity contribution in [3.05, 3.63) is 34.9 Å². The van der Waals surface area contributed by atoms with Gasteiger partial charge in [0.15, 0.2) is 0 Å². The second-order valence-electron chi connectivity index (χ2n) is 6.82. The fraction of sp³-hybridized carbons (Fsp3) is 0.611. The van der Waals surface area contributed by atoms with Gasteiger partial charge in [-0.3, -0.25) is 4.79 Å². The van der Waals surface area contributed by atoms with Crippen LogP contribution in [0.25, 0.3) is 0 Å². The summed E-state index contributed by atoms with van der Waals surface area (Å²) in [5, 5.41) is 14.2.